The average molecular weight is 498 g/mol. The molecule has 2 aliphatic heterocycles. The van der Waals surface area contributed by atoms with Gasteiger partial charge >= 0.3 is 0 Å². The molecule has 4 heterocycles. The van der Waals surface area contributed by atoms with E-state index in [1.54, 1.807) is 0 Å². The molecule has 1 fully saturated rings. The van der Waals surface area contributed by atoms with Gasteiger partial charge in [0.2, 0.25) is 5.88 Å². The van der Waals surface area contributed by atoms with Crippen molar-refractivity contribution >= 4 is 50.4 Å². The minimum Gasteiger partial charge on any atom is -0.492 e. The van der Waals surface area contributed by atoms with Crippen LogP contribution in [0.3, 0.4) is 0 Å². The first-order valence-corrected chi connectivity index (χ1v) is 13.0. The number of carbonyl (C=O) groups excluding carboxylic acids is 1. The van der Waals surface area contributed by atoms with E-state index in [9.17, 15) is 9.90 Å². The molecule has 5 rings (SSSR count). The van der Waals surface area contributed by atoms with Crippen molar-refractivity contribution in [3.8, 4) is 5.88 Å². The Morgan fingerprint density at radius 3 is 2.85 bits per heavy atom. The number of para-hydroxylation sites is 1. The SMILES string of the molecule is Cc1nc(Nc2snc(O)c2C(=N)NCCN2CCCC2)sc1C(=O)N1CCc2ccccc21. The van der Waals surface area contributed by atoms with Crippen LogP contribution in [-0.4, -0.2) is 63.8 Å². The fourth-order valence-electron chi connectivity index (χ4n) is 4.44. The highest BCUT2D eigenvalue weighted by Crippen LogP contribution is 2.36. The molecule has 3 aromatic rings. The number of aromatic nitrogens is 2. The molecule has 0 atom stereocenters. The Morgan fingerprint density at radius 2 is 2.03 bits per heavy atom. The molecule has 9 nitrogen and oxygen atoms in total. The molecule has 1 saturated heterocycles. The molecule has 178 valence electrons. The Balaban J connectivity index is 1.28. The lowest BCUT2D eigenvalue weighted by Crippen LogP contribution is -2.33. The predicted molar refractivity (Wildman–Crippen MR) is 136 cm³/mol. The van der Waals surface area contributed by atoms with Crippen molar-refractivity contribution in [3.05, 3.63) is 46.0 Å². The quantitative estimate of drug-likeness (QED) is 0.291. The fourth-order valence-corrected chi connectivity index (χ4v) is 6.12. The summed E-state index contributed by atoms with van der Waals surface area (Å²) in [4.78, 5) is 22.6. The van der Waals surface area contributed by atoms with Crippen molar-refractivity contribution in [1.29, 1.82) is 5.41 Å². The lowest BCUT2D eigenvalue weighted by molar-refractivity contribution is 0.0992. The second-order valence-electron chi connectivity index (χ2n) is 8.45. The molecule has 1 amide bonds. The van der Waals surface area contributed by atoms with Crippen molar-refractivity contribution < 1.29 is 9.90 Å². The first-order chi connectivity index (χ1) is 16.5. The maximum Gasteiger partial charge on any atom is 0.270 e. The summed E-state index contributed by atoms with van der Waals surface area (Å²) >= 11 is 2.34. The predicted octanol–water partition coefficient (Wildman–Crippen LogP) is 3.57. The molecule has 2 aromatic heterocycles. The van der Waals surface area contributed by atoms with Gasteiger partial charge in [-0.15, -0.1) is 0 Å². The molecule has 0 bridgehead atoms. The van der Waals surface area contributed by atoms with Gasteiger partial charge in [0.25, 0.3) is 5.91 Å². The van der Waals surface area contributed by atoms with Crippen LogP contribution in [0.5, 0.6) is 5.88 Å². The van der Waals surface area contributed by atoms with E-state index in [0.29, 0.717) is 39.4 Å². The van der Waals surface area contributed by atoms with E-state index in [4.69, 9.17) is 5.41 Å². The number of benzene rings is 1. The number of hydrogen-bond acceptors (Lipinski definition) is 9. The Labute approximate surface area is 206 Å². The van der Waals surface area contributed by atoms with Crippen LogP contribution in [-0.2, 0) is 6.42 Å². The van der Waals surface area contributed by atoms with E-state index in [0.717, 1.165) is 43.3 Å². The number of rotatable bonds is 7. The summed E-state index contributed by atoms with van der Waals surface area (Å²) in [5.41, 5.74) is 3.10. The number of amides is 1. The normalized spacial score (nSPS) is 15.5. The molecule has 1 aromatic carbocycles. The van der Waals surface area contributed by atoms with Crippen LogP contribution in [0.4, 0.5) is 15.8 Å². The van der Waals surface area contributed by atoms with Gasteiger partial charge in [-0.1, -0.05) is 29.5 Å². The molecule has 34 heavy (non-hydrogen) atoms. The van der Waals surface area contributed by atoms with E-state index >= 15 is 0 Å². The Kier molecular flexibility index (Phi) is 6.48. The van der Waals surface area contributed by atoms with Crippen molar-refractivity contribution in [2.24, 2.45) is 0 Å². The third-order valence-corrected chi connectivity index (χ3v) is 8.01. The number of amidine groups is 1. The Bertz CT molecular complexity index is 1220. The molecular weight excluding hydrogens is 470 g/mol. The highest BCUT2D eigenvalue weighted by Gasteiger charge is 2.28. The summed E-state index contributed by atoms with van der Waals surface area (Å²) in [6.07, 6.45) is 3.30. The lowest BCUT2D eigenvalue weighted by Gasteiger charge is -2.16. The number of fused-ring (bicyclic) bond motifs is 1. The van der Waals surface area contributed by atoms with Crippen LogP contribution in [0.1, 0.15) is 39.3 Å². The number of aryl methyl sites for hydroxylation is 1. The number of hydrogen-bond donors (Lipinski definition) is 4. The van der Waals surface area contributed by atoms with Gasteiger partial charge in [0.15, 0.2) is 5.13 Å². The minimum absolute atomic E-state index is 0.0586. The van der Waals surface area contributed by atoms with Crippen molar-refractivity contribution in [2.75, 3.05) is 42.9 Å². The van der Waals surface area contributed by atoms with Gasteiger partial charge in [0.1, 0.15) is 21.3 Å². The number of nitrogens with one attached hydrogen (secondary N) is 3. The Hall–Kier alpha value is -3.02. The molecule has 0 spiro atoms. The van der Waals surface area contributed by atoms with E-state index in [2.05, 4.69) is 31.0 Å². The number of carbonyl (C=O) groups is 1. The van der Waals surface area contributed by atoms with Crippen molar-refractivity contribution in [1.82, 2.24) is 19.6 Å². The van der Waals surface area contributed by atoms with Gasteiger partial charge < -0.3 is 25.5 Å². The molecule has 0 unspecified atom stereocenters. The maximum atomic E-state index is 13.3. The molecule has 4 N–H and O–H groups in total. The van der Waals surface area contributed by atoms with E-state index in [1.165, 1.54) is 29.7 Å². The number of thiazole rings is 1. The summed E-state index contributed by atoms with van der Waals surface area (Å²) in [5.74, 6) is -0.132. The molecule has 0 radical (unpaired) electrons. The van der Waals surface area contributed by atoms with Gasteiger partial charge in [0, 0.05) is 25.3 Å². The average Bonchev–Trinajstić information content (AvgIpc) is 3.61. The number of nitrogens with zero attached hydrogens (tertiary/aromatic N) is 4. The van der Waals surface area contributed by atoms with E-state index in [-0.39, 0.29) is 17.6 Å². The van der Waals surface area contributed by atoms with E-state index in [1.807, 2.05) is 30.0 Å². The second-order valence-corrected chi connectivity index (χ2v) is 10.2. The summed E-state index contributed by atoms with van der Waals surface area (Å²) in [5, 5.41) is 26.0. The minimum atomic E-state index is -0.190. The highest BCUT2D eigenvalue weighted by atomic mass is 32.1. The van der Waals surface area contributed by atoms with Crippen LogP contribution in [0.2, 0.25) is 0 Å². The largest absolute Gasteiger partial charge is 0.492 e. The van der Waals surface area contributed by atoms with Crippen molar-refractivity contribution in [3.63, 3.8) is 0 Å². The van der Waals surface area contributed by atoms with Crippen LogP contribution in [0.15, 0.2) is 24.3 Å². The fraction of sp³-hybridized carbons (Fsp3) is 0.391. The zero-order valence-electron chi connectivity index (χ0n) is 18.9. The number of likely N-dealkylation sites (tertiary alicyclic amines) is 1. The molecule has 2 aliphatic rings. The summed E-state index contributed by atoms with van der Waals surface area (Å²) in [6.45, 7) is 6.16. The van der Waals surface area contributed by atoms with Crippen LogP contribution in [0.25, 0.3) is 0 Å². The number of aromatic hydroxyl groups is 1. The van der Waals surface area contributed by atoms with Gasteiger partial charge in [0.05, 0.1) is 5.69 Å². The van der Waals surface area contributed by atoms with Gasteiger partial charge in [-0.2, -0.15) is 4.37 Å². The standard InChI is InChI=1S/C23H27N7O2S2/c1-14-18(22(32)30-12-8-15-6-2-3-7-16(15)30)33-23(26-14)27-21-17(20(31)28-34-21)19(24)25-9-13-29-10-4-5-11-29/h2-3,6-7H,4-5,8-13H2,1H3,(H2,24,25)(H,26,27)(H,28,31). The molecular formula is C23H27N7O2S2. The third kappa shape index (κ3) is 4.50. The smallest absolute Gasteiger partial charge is 0.270 e. The van der Waals surface area contributed by atoms with Crippen LogP contribution >= 0.6 is 22.9 Å². The summed E-state index contributed by atoms with van der Waals surface area (Å²) in [6, 6.07) is 7.97. The zero-order valence-corrected chi connectivity index (χ0v) is 20.6. The van der Waals surface area contributed by atoms with Crippen LogP contribution in [0, 0.1) is 12.3 Å². The molecule has 0 aliphatic carbocycles. The van der Waals surface area contributed by atoms with Crippen molar-refractivity contribution in [2.45, 2.75) is 26.2 Å². The zero-order chi connectivity index (χ0) is 23.7. The monoisotopic (exact) mass is 497 g/mol. The van der Waals surface area contributed by atoms with Gasteiger partial charge in [-0.3, -0.25) is 10.2 Å². The first-order valence-electron chi connectivity index (χ1n) is 11.4. The summed E-state index contributed by atoms with van der Waals surface area (Å²) < 4.78 is 4.02. The molecule has 11 heteroatoms. The number of anilines is 3. The van der Waals surface area contributed by atoms with E-state index < -0.39 is 0 Å². The highest BCUT2D eigenvalue weighted by molar-refractivity contribution is 7.18. The topological polar surface area (TPSA) is 117 Å². The van der Waals surface area contributed by atoms with Gasteiger partial charge in [-0.25, -0.2) is 4.98 Å². The second kappa shape index (κ2) is 9.69. The maximum absolute atomic E-state index is 13.3. The third-order valence-electron chi connectivity index (χ3n) is 6.20. The summed E-state index contributed by atoms with van der Waals surface area (Å²) in [7, 11) is 0. The first kappa shape index (κ1) is 22.8. The lowest BCUT2D eigenvalue weighted by atomic mass is 10.2. The van der Waals surface area contributed by atoms with Crippen LogP contribution < -0.4 is 15.5 Å². The molecule has 0 saturated carbocycles. The van der Waals surface area contributed by atoms with Gasteiger partial charge in [-0.05, 0) is 62.4 Å². The Morgan fingerprint density at radius 1 is 1.24 bits per heavy atom.